The van der Waals surface area contributed by atoms with Gasteiger partial charge in [0.2, 0.25) is 0 Å². The van der Waals surface area contributed by atoms with Crippen LogP contribution in [-0.2, 0) is 12.5 Å². The third kappa shape index (κ3) is 1.36. The Morgan fingerprint density at radius 3 is 1.92 bits per heavy atom. The van der Waals surface area contributed by atoms with E-state index in [0.29, 0.717) is 5.56 Å². The minimum Gasteiger partial charge on any atom is -0.297 e. The second kappa shape index (κ2) is 2.57. The normalized spacial score (nSPS) is 12.2. The van der Waals surface area contributed by atoms with Crippen LogP contribution in [0.5, 0.6) is 0 Å². The molecule has 0 unspecified atom stereocenters. The zero-order chi connectivity index (χ0) is 9.52. The van der Waals surface area contributed by atoms with Crippen LogP contribution in [0.1, 0.15) is 26.3 Å². The lowest BCUT2D eigenvalue weighted by atomic mass is 9.89. The third-order valence-corrected chi connectivity index (χ3v) is 1.91. The Labute approximate surface area is 71.0 Å². The van der Waals surface area contributed by atoms with Crippen LogP contribution in [-0.4, -0.2) is 4.57 Å². The summed E-state index contributed by atoms with van der Waals surface area (Å²) in [5.74, 6) is -1.02. The molecular formula is C9H13F2N. The van der Waals surface area contributed by atoms with E-state index in [1.807, 2.05) is 20.8 Å². The SMILES string of the molecule is Cn1c(F)cc(C(C)(C)C)c1F. The van der Waals surface area contributed by atoms with E-state index >= 15 is 0 Å². The van der Waals surface area contributed by atoms with Gasteiger partial charge in [0.15, 0.2) is 11.9 Å². The molecule has 0 radical (unpaired) electrons. The van der Waals surface area contributed by atoms with Gasteiger partial charge >= 0.3 is 0 Å². The summed E-state index contributed by atoms with van der Waals surface area (Å²) in [6.45, 7) is 5.56. The fraction of sp³-hybridized carbons (Fsp3) is 0.556. The summed E-state index contributed by atoms with van der Waals surface area (Å²) in [5.41, 5.74) is 0.0779. The van der Waals surface area contributed by atoms with E-state index in [1.165, 1.54) is 13.1 Å². The van der Waals surface area contributed by atoms with Crippen LogP contribution in [0.3, 0.4) is 0 Å². The van der Waals surface area contributed by atoms with E-state index in [1.54, 1.807) is 0 Å². The van der Waals surface area contributed by atoms with Crippen molar-refractivity contribution in [2.24, 2.45) is 7.05 Å². The minimum atomic E-state index is -0.530. The molecule has 1 aromatic heterocycles. The van der Waals surface area contributed by atoms with Gasteiger partial charge in [0.1, 0.15) is 0 Å². The Kier molecular flexibility index (Phi) is 1.98. The number of rotatable bonds is 0. The first-order valence-corrected chi connectivity index (χ1v) is 3.85. The number of aromatic nitrogens is 1. The molecule has 1 aromatic rings. The predicted molar refractivity (Wildman–Crippen MR) is 44.0 cm³/mol. The fourth-order valence-corrected chi connectivity index (χ4v) is 1.08. The quantitative estimate of drug-likeness (QED) is 0.568. The molecule has 0 amide bonds. The van der Waals surface area contributed by atoms with Crippen molar-refractivity contribution in [3.05, 3.63) is 23.5 Å². The highest BCUT2D eigenvalue weighted by Crippen LogP contribution is 2.26. The van der Waals surface area contributed by atoms with Crippen LogP contribution in [0.25, 0.3) is 0 Å². The summed E-state index contributed by atoms with van der Waals surface area (Å²) < 4.78 is 27.0. The second-order valence-corrected chi connectivity index (χ2v) is 3.98. The average molecular weight is 173 g/mol. The Morgan fingerprint density at radius 2 is 1.75 bits per heavy atom. The topological polar surface area (TPSA) is 4.93 Å². The molecule has 0 aliphatic carbocycles. The van der Waals surface area contributed by atoms with E-state index in [4.69, 9.17) is 0 Å². The summed E-state index contributed by atoms with van der Waals surface area (Å²) in [4.78, 5) is 0. The van der Waals surface area contributed by atoms with E-state index in [9.17, 15) is 8.78 Å². The molecule has 1 rings (SSSR count). The largest absolute Gasteiger partial charge is 0.297 e. The van der Waals surface area contributed by atoms with Crippen molar-refractivity contribution in [2.45, 2.75) is 26.2 Å². The van der Waals surface area contributed by atoms with Gasteiger partial charge < -0.3 is 0 Å². The molecule has 12 heavy (non-hydrogen) atoms. The first kappa shape index (κ1) is 9.23. The lowest BCUT2D eigenvalue weighted by molar-refractivity contribution is 0.442. The molecule has 0 saturated heterocycles. The van der Waals surface area contributed by atoms with Gasteiger partial charge in [-0.25, -0.2) is 0 Å². The van der Waals surface area contributed by atoms with Crippen LogP contribution < -0.4 is 0 Å². The monoisotopic (exact) mass is 173 g/mol. The molecule has 68 valence electrons. The number of halogens is 2. The van der Waals surface area contributed by atoms with E-state index < -0.39 is 11.9 Å². The highest BCUT2D eigenvalue weighted by Gasteiger charge is 2.23. The van der Waals surface area contributed by atoms with E-state index in [0.717, 1.165) is 4.57 Å². The maximum atomic E-state index is 13.2. The molecule has 0 saturated carbocycles. The highest BCUT2D eigenvalue weighted by molar-refractivity contribution is 5.22. The summed E-state index contributed by atoms with van der Waals surface area (Å²) in [6.07, 6.45) is 0. The Morgan fingerprint density at radius 1 is 1.25 bits per heavy atom. The van der Waals surface area contributed by atoms with Crippen molar-refractivity contribution in [1.82, 2.24) is 4.57 Å². The van der Waals surface area contributed by atoms with Crippen molar-refractivity contribution in [3.8, 4) is 0 Å². The van der Waals surface area contributed by atoms with Gasteiger partial charge in [-0.15, -0.1) is 0 Å². The molecule has 0 aliphatic rings. The number of hydrogen-bond acceptors (Lipinski definition) is 0. The summed E-state index contributed by atoms with van der Waals surface area (Å²) in [7, 11) is 1.37. The zero-order valence-corrected chi connectivity index (χ0v) is 7.78. The molecule has 0 aliphatic heterocycles. The first-order chi connectivity index (χ1) is 5.34. The van der Waals surface area contributed by atoms with Crippen molar-refractivity contribution >= 4 is 0 Å². The number of hydrogen-bond donors (Lipinski definition) is 0. The van der Waals surface area contributed by atoms with Crippen molar-refractivity contribution in [1.29, 1.82) is 0 Å². The van der Waals surface area contributed by atoms with Crippen LogP contribution in [0.15, 0.2) is 6.07 Å². The van der Waals surface area contributed by atoms with Gasteiger partial charge in [-0.3, -0.25) is 4.57 Å². The van der Waals surface area contributed by atoms with Gasteiger partial charge in [0.05, 0.1) is 0 Å². The summed E-state index contributed by atoms with van der Waals surface area (Å²) in [6, 6.07) is 1.25. The van der Waals surface area contributed by atoms with Gasteiger partial charge in [-0.05, 0) is 11.5 Å². The molecule has 0 bridgehead atoms. The summed E-state index contributed by atoms with van der Waals surface area (Å²) in [5, 5.41) is 0. The summed E-state index contributed by atoms with van der Waals surface area (Å²) >= 11 is 0. The van der Waals surface area contributed by atoms with Crippen LogP contribution in [0.2, 0.25) is 0 Å². The Hall–Kier alpha value is -0.860. The lowest BCUT2D eigenvalue weighted by Crippen LogP contribution is -2.12. The molecular weight excluding hydrogens is 160 g/mol. The smallest absolute Gasteiger partial charge is 0.199 e. The molecule has 1 nitrogen and oxygen atoms in total. The van der Waals surface area contributed by atoms with E-state index in [2.05, 4.69) is 0 Å². The molecule has 3 heteroatoms. The fourth-order valence-electron chi connectivity index (χ4n) is 1.08. The Bertz CT molecular complexity index is 294. The van der Waals surface area contributed by atoms with Crippen LogP contribution in [0.4, 0.5) is 8.78 Å². The van der Waals surface area contributed by atoms with Gasteiger partial charge in [0.25, 0.3) is 0 Å². The van der Waals surface area contributed by atoms with Crippen molar-refractivity contribution < 1.29 is 8.78 Å². The molecule has 0 N–H and O–H groups in total. The molecule has 0 spiro atoms. The van der Waals surface area contributed by atoms with E-state index in [-0.39, 0.29) is 5.41 Å². The van der Waals surface area contributed by atoms with Gasteiger partial charge in [-0.1, -0.05) is 20.8 Å². The standard InChI is InChI=1S/C9H13F2N/c1-9(2,3)6-5-7(10)12(4)8(6)11/h5H,1-4H3. The predicted octanol–water partition coefficient (Wildman–Crippen LogP) is 2.60. The Balaban J connectivity index is 3.28. The highest BCUT2D eigenvalue weighted by atomic mass is 19.1. The molecule has 0 atom stereocenters. The molecule has 0 fully saturated rings. The average Bonchev–Trinajstić information content (AvgIpc) is 2.15. The van der Waals surface area contributed by atoms with Gasteiger partial charge in [0, 0.05) is 12.6 Å². The van der Waals surface area contributed by atoms with Crippen molar-refractivity contribution in [3.63, 3.8) is 0 Å². The molecule has 0 aromatic carbocycles. The van der Waals surface area contributed by atoms with Crippen molar-refractivity contribution in [2.75, 3.05) is 0 Å². The van der Waals surface area contributed by atoms with Crippen LogP contribution in [0, 0.1) is 11.9 Å². The maximum absolute atomic E-state index is 13.2. The second-order valence-electron chi connectivity index (χ2n) is 3.98. The molecule has 1 heterocycles. The lowest BCUT2D eigenvalue weighted by Gasteiger charge is -2.16. The van der Waals surface area contributed by atoms with Crippen LogP contribution >= 0.6 is 0 Å². The zero-order valence-electron chi connectivity index (χ0n) is 7.78. The third-order valence-electron chi connectivity index (χ3n) is 1.91. The number of nitrogens with zero attached hydrogens (tertiary/aromatic N) is 1. The minimum absolute atomic E-state index is 0.341. The first-order valence-electron chi connectivity index (χ1n) is 3.85. The van der Waals surface area contributed by atoms with Gasteiger partial charge in [-0.2, -0.15) is 8.78 Å². The maximum Gasteiger partial charge on any atom is 0.199 e.